The maximum Gasteiger partial charge on any atom is 0.511 e. The van der Waals surface area contributed by atoms with Crippen molar-refractivity contribution >= 4 is 17.1 Å². The maximum atomic E-state index is 12.5. The summed E-state index contributed by atoms with van der Waals surface area (Å²) < 4.78 is 5.77. The number of fused-ring (bicyclic) bond motifs is 1. The zero-order valence-corrected chi connectivity index (χ0v) is 14.2. The van der Waals surface area contributed by atoms with Crippen LogP contribution in [0.5, 0.6) is 5.75 Å². The molecule has 0 fully saturated rings. The number of H-pyrrole nitrogens is 1. The molecule has 0 aliphatic carbocycles. The molecule has 0 unspecified atom stereocenters. The van der Waals surface area contributed by atoms with Crippen molar-refractivity contribution in [3.05, 3.63) is 70.8 Å². The second-order valence-electron chi connectivity index (χ2n) is 5.98. The van der Waals surface area contributed by atoms with Crippen LogP contribution in [0.1, 0.15) is 5.56 Å². The summed E-state index contributed by atoms with van der Waals surface area (Å²) >= 11 is 0. The molecule has 0 saturated heterocycles. The molecular weight excluding hydrogens is 348 g/mol. The highest BCUT2D eigenvalue weighted by Crippen LogP contribution is 2.23. The number of nitrogens with one attached hydrogen (secondary N) is 1. The predicted molar refractivity (Wildman–Crippen MR) is 98.3 cm³/mol. The lowest BCUT2D eigenvalue weighted by Crippen LogP contribution is -2.13. The molecule has 8 heteroatoms. The van der Waals surface area contributed by atoms with Crippen LogP contribution >= 0.6 is 0 Å². The topological polar surface area (TPSA) is 110 Å². The van der Waals surface area contributed by atoms with Gasteiger partial charge in [0.05, 0.1) is 23.3 Å². The Bertz CT molecular complexity index is 1230. The second kappa shape index (κ2) is 6.41. The van der Waals surface area contributed by atoms with E-state index in [2.05, 4.69) is 19.8 Å². The third kappa shape index (κ3) is 3.28. The van der Waals surface area contributed by atoms with Crippen molar-refractivity contribution in [1.82, 2.24) is 19.7 Å². The van der Waals surface area contributed by atoms with Crippen LogP contribution in [0.2, 0.25) is 0 Å². The van der Waals surface area contributed by atoms with E-state index in [1.165, 1.54) is 17.1 Å². The molecule has 0 bridgehead atoms. The van der Waals surface area contributed by atoms with Gasteiger partial charge in [-0.25, -0.2) is 14.5 Å². The molecule has 134 valence electrons. The molecule has 0 spiro atoms. The quantitative estimate of drug-likeness (QED) is 0.542. The first-order valence-corrected chi connectivity index (χ1v) is 8.06. The van der Waals surface area contributed by atoms with Crippen LogP contribution < -0.4 is 10.3 Å². The summed E-state index contributed by atoms with van der Waals surface area (Å²) in [7, 11) is 0. The fraction of sp³-hybridized carbons (Fsp3) is 0.0526. The van der Waals surface area contributed by atoms with Gasteiger partial charge in [0.2, 0.25) is 5.95 Å². The minimum Gasteiger partial charge on any atom is -0.449 e. The van der Waals surface area contributed by atoms with Gasteiger partial charge < -0.3 is 9.84 Å². The standard InChI is InChI=1S/C19H14N4O4/c1-11-3-2-4-12(7-11)13-5-6-16-15(8-13)17(24)22-18(21-16)23-10-14(9-20-23)27-19(25)26/h2-10H,1H3,(H,25,26)(H,21,22,24). The average molecular weight is 362 g/mol. The van der Waals surface area contributed by atoms with Gasteiger partial charge in [-0.1, -0.05) is 35.9 Å². The highest BCUT2D eigenvalue weighted by atomic mass is 16.7. The first-order valence-electron chi connectivity index (χ1n) is 8.06. The van der Waals surface area contributed by atoms with Gasteiger partial charge in [0.25, 0.3) is 5.56 Å². The smallest absolute Gasteiger partial charge is 0.449 e. The normalized spacial score (nSPS) is 10.9. The van der Waals surface area contributed by atoms with Gasteiger partial charge in [-0.2, -0.15) is 5.10 Å². The minimum atomic E-state index is -1.45. The van der Waals surface area contributed by atoms with Crippen LogP contribution in [-0.4, -0.2) is 31.0 Å². The summed E-state index contributed by atoms with van der Waals surface area (Å²) in [5, 5.41) is 13.0. The van der Waals surface area contributed by atoms with E-state index in [0.29, 0.717) is 10.9 Å². The summed E-state index contributed by atoms with van der Waals surface area (Å²) in [6, 6.07) is 13.5. The Kier molecular flexibility index (Phi) is 3.92. The lowest BCUT2D eigenvalue weighted by molar-refractivity contribution is 0.144. The number of benzene rings is 2. The Hall–Kier alpha value is -3.94. The van der Waals surface area contributed by atoms with E-state index in [4.69, 9.17) is 5.11 Å². The van der Waals surface area contributed by atoms with Crippen LogP contribution in [0.25, 0.3) is 28.0 Å². The van der Waals surface area contributed by atoms with Gasteiger partial charge in [0.15, 0.2) is 5.75 Å². The molecule has 2 N–H and O–H groups in total. The van der Waals surface area contributed by atoms with Crippen LogP contribution in [0, 0.1) is 6.92 Å². The van der Waals surface area contributed by atoms with E-state index in [-0.39, 0.29) is 17.3 Å². The first-order chi connectivity index (χ1) is 13.0. The molecule has 0 atom stereocenters. The van der Waals surface area contributed by atoms with Crippen molar-refractivity contribution in [3.8, 4) is 22.8 Å². The van der Waals surface area contributed by atoms with Crippen LogP contribution in [-0.2, 0) is 0 Å². The third-order valence-electron chi connectivity index (χ3n) is 4.03. The largest absolute Gasteiger partial charge is 0.511 e. The monoisotopic (exact) mass is 362 g/mol. The lowest BCUT2D eigenvalue weighted by atomic mass is 10.0. The van der Waals surface area contributed by atoms with Crippen molar-refractivity contribution in [3.63, 3.8) is 0 Å². The maximum absolute atomic E-state index is 12.5. The molecule has 8 nitrogen and oxygen atoms in total. The van der Waals surface area contributed by atoms with Gasteiger partial charge >= 0.3 is 6.16 Å². The Labute approximate surface area is 152 Å². The van der Waals surface area contributed by atoms with Gasteiger partial charge in [-0.15, -0.1) is 0 Å². The molecule has 0 radical (unpaired) electrons. The predicted octanol–water partition coefficient (Wildman–Crippen LogP) is 3.14. The lowest BCUT2D eigenvalue weighted by Gasteiger charge is -2.06. The van der Waals surface area contributed by atoms with E-state index in [0.717, 1.165) is 16.7 Å². The Morgan fingerprint density at radius 1 is 1.19 bits per heavy atom. The SMILES string of the molecule is Cc1cccc(-c2ccc3nc(-n4cc(OC(=O)O)cn4)[nH]c(=O)c3c2)c1. The number of carboxylic acid groups (broad SMARTS) is 1. The molecule has 4 aromatic rings. The molecule has 2 aromatic carbocycles. The third-order valence-corrected chi connectivity index (χ3v) is 4.03. The number of carbonyl (C=O) groups is 1. The van der Waals surface area contributed by atoms with E-state index < -0.39 is 6.16 Å². The zero-order valence-electron chi connectivity index (χ0n) is 14.2. The van der Waals surface area contributed by atoms with E-state index in [9.17, 15) is 9.59 Å². The Morgan fingerprint density at radius 2 is 2.00 bits per heavy atom. The molecule has 4 rings (SSSR count). The summed E-state index contributed by atoms with van der Waals surface area (Å²) in [5.74, 6) is 0.191. The molecular formula is C19H14N4O4. The van der Waals surface area contributed by atoms with Crippen molar-refractivity contribution in [1.29, 1.82) is 0 Å². The summed E-state index contributed by atoms with van der Waals surface area (Å²) in [6.07, 6.45) is 1.09. The molecule has 0 aliphatic heterocycles. The number of ether oxygens (including phenoxy) is 1. The fourth-order valence-electron chi connectivity index (χ4n) is 2.81. The molecule has 27 heavy (non-hydrogen) atoms. The van der Waals surface area contributed by atoms with Gasteiger partial charge in [0, 0.05) is 0 Å². The number of hydrogen-bond acceptors (Lipinski definition) is 5. The van der Waals surface area contributed by atoms with Gasteiger partial charge in [-0.05, 0) is 30.2 Å². The van der Waals surface area contributed by atoms with Crippen LogP contribution in [0.4, 0.5) is 4.79 Å². The second-order valence-corrected chi connectivity index (χ2v) is 5.98. The van der Waals surface area contributed by atoms with Crippen molar-refractivity contribution in [2.45, 2.75) is 6.92 Å². The van der Waals surface area contributed by atoms with E-state index in [1.807, 2.05) is 37.3 Å². The van der Waals surface area contributed by atoms with Crippen molar-refractivity contribution in [2.24, 2.45) is 0 Å². The highest BCUT2D eigenvalue weighted by molar-refractivity contribution is 5.84. The Morgan fingerprint density at radius 3 is 2.78 bits per heavy atom. The van der Waals surface area contributed by atoms with Crippen molar-refractivity contribution in [2.75, 3.05) is 0 Å². The van der Waals surface area contributed by atoms with E-state index >= 15 is 0 Å². The van der Waals surface area contributed by atoms with E-state index in [1.54, 1.807) is 12.1 Å². The number of aromatic amines is 1. The average Bonchev–Trinajstić information content (AvgIpc) is 3.09. The molecule has 2 heterocycles. The first kappa shape index (κ1) is 16.5. The zero-order chi connectivity index (χ0) is 19.0. The molecule has 0 saturated carbocycles. The number of rotatable bonds is 3. The fourth-order valence-corrected chi connectivity index (χ4v) is 2.81. The molecule has 0 amide bonds. The number of aromatic nitrogens is 4. The number of hydrogen-bond donors (Lipinski definition) is 2. The highest BCUT2D eigenvalue weighted by Gasteiger charge is 2.10. The number of aryl methyl sites for hydroxylation is 1. The Balaban J connectivity index is 1.76. The summed E-state index contributed by atoms with van der Waals surface area (Å²) in [4.78, 5) is 30.2. The van der Waals surface area contributed by atoms with Gasteiger partial charge in [-0.3, -0.25) is 9.78 Å². The molecule has 2 aromatic heterocycles. The molecule has 0 aliphatic rings. The summed E-state index contributed by atoms with van der Waals surface area (Å²) in [6.45, 7) is 2.01. The van der Waals surface area contributed by atoms with Crippen molar-refractivity contribution < 1.29 is 14.6 Å². The van der Waals surface area contributed by atoms with Crippen LogP contribution in [0.15, 0.2) is 59.7 Å². The minimum absolute atomic E-state index is 0.0278. The number of nitrogens with zero attached hydrogens (tertiary/aromatic N) is 3. The van der Waals surface area contributed by atoms with Crippen LogP contribution in [0.3, 0.4) is 0 Å². The van der Waals surface area contributed by atoms with Gasteiger partial charge in [0.1, 0.15) is 0 Å². The summed E-state index contributed by atoms with van der Waals surface area (Å²) in [5.41, 5.74) is 3.25.